The highest BCUT2D eigenvalue weighted by atomic mass is 16.2. The lowest BCUT2D eigenvalue weighted by molar-refractivity contribution is -0.124. The number of carbonyl (C=O) groups is 3. The Kier molecular flexibility index (Phi) is 6.25. The highest BCUT2D eigenvalue weighted by molar-refractivity contribution is 6.20. The van der Waals surface area contributed by atoms with Gasteiger partial charge in [0.25, 0.3) is 0 Å². The third kappa shape index (κ3) is 5.02. The zero-order chi connectivity index (χ0) is 17.8. The van der Waals surface area contributed by atoms with Gasteiger partial charge in [-0.25, -0.2) is 0 Å². The first kappa shape index (κ1) is 19.1. The van der Waals surface area contributed by atoms with Crippen molar-refractivity contribution in [3.05, 3.63) is 30.3 Å². The van der Waals surface area contributed by atoms with E-state index in [0.29, 0.717) is 12.1 Å². The predicted molar refractivity (Wildman–Crippen MR) is 92.0 cm³/mol. The van der Waals surface area contributed by atoms with Gasteiger partial charge in [0.1, 0.15) is 5.78 Å². The standard InChI is InChI=1S/C13H15NO2.C6H12O/c1-9(2)11-8-12(15)14(13(11)16)10-6-4-3-5-7-10;1-5(7)6(2,3)4/h3-7,9,11H,8H2,1-2H3;1-4H3. The average Bonchev–Trinajstić information content (AvgIpc) is 2.75. The number of para-hydroxylation sites is 1. The molecule has 0 N–H and O–H groups in total. The monoisotopic (exact) mass is 317 g/mol. The van der Waals surface area contributed by atoms with Crippen molar-refractivity contribution >= 4 is 23.3 Å². The Morgan fingerprint density at radius 1 is 1.13 bits per heavy atom. The molecule has 1 aromatic carbocycles. The van der Waals surface area contributed by atoms with Gasteiger partial charge >= 0.3 is 0 Å². The number of anilines is 1. The van der Waals surface area contributed by atoms with Crippen LogP contribution in [0.3, 0.4) is 0 Å². The smallest absolute Gasteiger partial charge is 0.237 e. The van der Waals surface area contributed by atoms with Crippen LogP contribution in [0.5, 0.6) is 0 Å². The summed E-state index contributed by atoms with van der Waals surface area (Å²) >= 11 is 0. The van der Waals surface area contributed by atoms with Gasteiger partial charge in [0.05, 0.1) is 11.6 Å². The fourth-order valence-corrected chi connectivity index (χ4v) is 2.02. The van der Waals surface area contributed by atoms with Crippen LogP contribution in [0.4, 0.5) is 5.69 Å². The second-order valence-corrected chi connectivity index (χ2v) is 7.26. The van der Waals surface area contributed by atoms with E-state index >= 15 is 0 Å². The number of hydrogen-bond donors (Lipinski definition) is 0. The normalized spacial score (nSPS) is 18.0. The lowest BCUT2D eigenvalue weighted by Gasteiger charge is -2.16. The molecule has 126 valence electrons. The number of ketones is 1. The van der Waals surface area contributed by atoms with Crippen molar-refractivity contribution in [1.29, 1.82) is 0 Å². The van der Waals surface area contributed by atoms with Crippen molar-refractivity contribution in [2.75, 3.05) is 4.90 Å². The molecule has 0 aliphatic carbocycles. The van der Waals surface area contributed by atoms with Gasteiger partial charge in [0.15, 0.2) is 0 Å². The van der Waals surface area contributed by atoms with Crippen LogP contribution in [0.25, 0.3) is 0 Å². The third-order valence-corrected chi connectivity index (χ3v) is 4.06. The Bertz CT molecular complexity index is 570. The molecule has 1 aliphatic heterocycles. The van der Waals surface area contributed by atoms with Gasteiger partial charge in [-0.3, -0.25) is 19.3 Å². The van der Waals surface area contributed by atoms with Crippen molar-refractivity contribution in [3.8, 4) is 0 Å². The molecule has 4 heteroatoms. The maximum atomic E-state index is 12.1. The highest BCUT2D eigenvalue weighted by Gasteiger charge is 2.40. The van der Waals surface area contributed by atoms with E-state index in [1.807, 2.05) is 52.8 Å². The van der Waals surface area contributed by atoms with Crippen LogP contribution >= 0.6 is 0 Å². The van der Waals surface area contributed by atoms with Crippen molar-refractivity contribution in [2.45, 2.75) is 48.0 Å². The van der Waals surface area contributed by atoms with Gasteiger partial charge < -0.3 is 0 Å². The summed E-state index contributed by atoms with van der Waals surface area (Å²) in [6, 6.07) is 9.11. The first-order valence-electron chi connectivity index (χ1n) is 7.98. The van der Waals surface area contributed by atoms with E-state index in [4.69, 9.17) is 0 Å². The molecule has 0 bridgehead atoms. The first-order valence-corrected chi connectivity index (χ1v) is 7.98. The van der Waals surface area contributed by atoms with Crippen LogP contribution in [0.1, 0.15) is 48.0 Å². The molecule has 2 rings (SSSR count). The number of rotatable bonds is 2. The summed E-state index contributed by atoms with van der Waals surface area (Å²) < 4.78 is 0. The summed E-state index contributed by atoms with van der Waals surface area (Å²) in [5, 5.41) is 0. The van der Waals surface area contributed by atoms with Crippen molar-refractivity contribution in [2.24, 2.45) is 17.3 Å². The summed E-state index contributed by atoms with van der Waals surface area (Å²) in [4.78, 5) is 35.6. The number of imide groups is 1. The van der Waals surface area contributed by atoms with Crippen LogP contribution in [-0.2, 0) is 14.4 Å². The third-order valence-electron chi connectivity index (χ3n) is 4.06. The van der Waals surface area contributed by atoms with Crippen LogP contribution in [0.15, 0.2) is 30.3 Å². The molecule has 1 aliphatic rings. The van der Waals surface area contributed by atoms with E-state index in [1.54, 1.807) is 19.1 Å². The van der Waals surface area contributed by atoms with Crippen LogP contribution in [-0.4, -0.2) is 17.6 Å². The van der Waals surface area contributed by atoms with Crippen LogP contribution < -0.4 is 4.90 Å². The van der Waals surface area contributed by atoms with Crippen molar-refractivity contribution in [1.82, 2.24) is 0 Å². The second kappa shape index (κ2) is 7.53. The van der Waals surface area contributed by atoms with E-state index in [0.717, 1.165) is 0 Å². The average molecular weight is 317 g/mol. The van der Waals surface area contributed by atoms with Gasteiger partial charge in [0.2, 0.25) is 11.8 Å². The Morgan fingerprint density at radius 2 is 1.61 bits per heavy atom. The SMILES string of the molecule is CC(=O)C(C)(C)C.CC(C)C1CC(=O)N(c2ccccc2)C1=O. The Hall–Kier alpha value is -1.97. The Morgan fingerprint density at radius 3 is 1.96 bits per heavy atom. The van der Waals surface area contributed by atoms with E-state index in [1.165, 1.54) is 4.90 Å². The molecule has 0 aromatic heterocycles. The minimum absolute atomic E-state index is 0.0637. The zero-order valence-electron chi connectivity index (χ0n) is 14.9. The molecule has 1 aromatic rings. The summed E-state index contributed by atoms with van der Waals surface area (Å²) in [6.45, 7) is 11.3. The van der Waals surface area contributed by atoms with E-state index in [-0.39, 0.29) is 34.8 Å². The molecule has 1 saturated heterocycles. The fraction of sp³-hybridized carbons (Fsp3) is 0.526. The largest absolute Gasteiger partial charge is 0.299 e. The van der Waals surface area contributed by atoms with Crippen LogP contribution in [0, 0.1) is 17.3 Å². The maximum Gasteiger partial charge on any atom is 0.237 e. The molecular formula is C19H27NO3. The second-order valence-electron chi connectivity index (χ2n) is 7.26. The Labute approximate surface area is 138 Å². The highest BCUT2D eigenvalue weighted by Crippen LogP contribution is 2.30. The molecule has 2 amide bonds. The fourth-order valence-electron chi connectivity index (χ4n) is 2.02. The summed E-state index contributed by atoms with van der Waals surface area (Å²) in [5.41, 5.74) is 0.542. The topological polar surface area (TPSA) is 54.5 Å². The Balaban J connectivity index is 0.000000322. The quantitative estimate of drug-likeness (QED) is 0.779. The lowest BCUT2D eigenvalue weighted by Crippen LogP contribution is -2.31. The zero-order valence-corrected chi connectivity index (χ0v) is 14.9. The molecule has 0 radical (unpaired) electrons. The van der Waals surface area contributed by atoms with E-state index < -0.39 is 0 Å². The van der Waals surface area contributed by atoms with E-state index in [2.05, 4.69) is 0 Å². The molecule has 23 heavy (non-hydrogen) atoms. The number of amides is 2. The molecule has 0 saturated carbocycles. The van der Waals surface area contributed by atoms with Crippen molar-refractivity contribution < 1.29 is 14.4 Å². The predicted octanol–water partition coefficient (Wildman–Crippen LogP) is 3.84. The molecule has 1 atom stereocenters. The van der Waals surface area contributed by atoms with Gasteiger partial charge in [-0.15, -0.1) is 0 Å². The number of hydrogen-bond acceptors (Lipinski definition) is 3. The molecular weight excluding hydrogens is 290 g/mol. The summed E-state index contributed by atoms with van der Waals surface area (Å²) in [6.07, 6.45) is 0.339. The minimum atomic E-state index is -0.160. The number of carbonyl (C=O) groups excluding carboxylic acids is 3. The van der Waals surface area contributed by atoms with Gasteiger partial charge in [0, 0.05) is 11.8 Å². The van der Waals surface area contributed by atoms with E-state index in [9.17, 15) is 14.4 Å². The molecule has 1 heterocycles. The molecule has 0 spiro atoms. The molecule has 4 nitrogen and oxygen atoms in total. The number of nitrogens with zero attached hydrogens (tertiary/aromatic N) is 1. The summed E-state index contributed by atoms with van der Waals surface area (Å²) in [7, 11) is 0. The number of Topliss-reactive ketones (excluding diaryl/α,β-unsaturated/α-hetero) is 1. The van der Waals surface area contributed by atoms with Gasteiger partial charge in [-0.05, 0) is 25.0 Å². The first-order chi connectivity index (χ1) is 10.6. The minimum Gasteiger partial charge on any atom is -0.299 e. The van der Waals surface area contributed by atoms with Gasteiger partial charge in [-0.2, -0.15) is 0 Å². The lowest BCUT2D eigenvalue weighted by atomic mass is 9.92. The van der Waals surface area contributed by atoms with Crippen LogP contribution in [0.2, 0.25) is 0 Å². The van der Waals surface area contributed by atoms with Gasteiger partial charge in [-0.1, -0.05) is 52.8 Å². The number of benzene rings is 1. The van der Waals surface area contributed by atoms with Crippen molar-refractivity contribution in [3.63, 3.8) is 0 Å². The summed E-state index contributed by atoms with van der Waals surface area (Å²) in [5.74, 6) is 0.145. The molecule has 1 fully saturated rings. The maximum absolute atomic E-state index is 12.1. The molecule has 1 unspecified atom stereocenters.